The van der Waals surface area contributed by atoms with Gasteiger partial charge in [-0.1, -0.05) is 11.6 Å². The van der Waals surface area contributed by atoms with E-state index >= 15 is 0 Å². The lowest BCUT2D eigenvalue weighted by Crippen LogP contribution is -2.66. The molecule has 0 aromatic carbocycles. The summed E-state index contributed by atoms with van der Waals surface area (Å²) < 4.78 is 11.8. The number of allylic oxidation sites excluding steroid dienone is 1. The summed E-state index contributed by atoms with van der Waals surface area (Å²) in [6, 6.07) is 0. The molecule has 0 radical (unpaired) electrons. The first kappa shape index (κ1) is 18.4. The Labute approximate surface area is 161 Å². The highest BCUT2D eigenvalue weighted by Crippen LogP contribution is 2.38. The first-order valence-electron chi connectivity index (χ1n) is 10.2. The number of carbonyl (C=O) groups excluding carboxylic acids is 1. The molecule has 3 heterocycles. The summed E-state index contributed by atoms with van der Waals surface area (Å²) in [5.41, 5.74) is 1.21. The number of ether oxygens (including phenoxy) is 2. The van der Waals surface area contributed by atoms with Crippen LogP contribution in [0.25, 0.3) is 0 Å². The van der Waals surface area contributed by atoms with Crippen molar-refractivity contribution in [2.24, 2.45) is 5.92 Å². The molecule has 1 spiro atoms. The van der Waals surface area contributed by atoms with E-state index in [0.717, 1.165) is 51.8 Å². The van der Waals surface area contributed by atoms with E-state index in [2.05, 4.69) is 16.0 Å². The van der Waals surface area contributed by atoms with Gasteiger partial charge in [0.25, 0.3) is 0 Å². The first-order chi connectivity index (χ1) is 13.2. The molecule has 27 heavy (non-hydrogen) atoms. The van der Waals surface area contributed by atoms with Crippen LogP contribution in [0.15, 0.2) is 30.2 Å². The summed E-state index contributed by atoms with van der Waals surface area (Å²) >= 11 is 0. The van der Waals surface area contributed by atoms with Gasteiger partial charge < -0.3 is 14.4 Å². The molecule has 0 unspecified atom stereocenters. The lowest BCUT2D eigenvalue weighted by atomic mass is 9.79. The van der Waals surface area contributed by atoms with Crippen LogP contribution in [0.2, 0.25) is 0 Å². The Morgan fingerprint density at radius 2 is 2.26 bits per heavy atom. The third kappa shape index (κ3) is 4.67. The van der Waals surface area contributed by atoms with Gasteiger partial charge in [0.2, 0.25) is 11.8 Å². The van der Waals surface area contributed by atoms with E-state index in [-0.39, 0.29) is 11.5 Å². The van der Waals surface area contributed by atoms with E-state index in [1.165, 1.54) is 18.4 Å². The monoisotopic (exact) mass is 371 g/mol. The summed E-state index contributed by atoms with van der Waals surface area (Å²) in [4.78, 5) is 22.7. The summed E-state index contributed by atoms with van der Waals surface area (Å²) in [6.45, 7) is 2.93. The fraction of sp³-hybridized carbons (Fsp3) is 0.667. The van der Waals surface area contributed by atoms with Crippen molar-refractivity contribution in [3.8, 4) is 5.88 Å². The van der Waals surface area contributed by atoms with Crippen molar-refractivity contribution in [3.63, 3.8) is 0 Å². The van der Waals surface area contributed by atoms with Crippen molar-refractivity contribution >= 4 is 5.91 Å². The van der Waals surface area contributed by atoms with E-state index < -0.39 is 0 Å². The summed E-state index contributed by atoms with van der Waals surface area (Å²) in [7, 11) is 0. The Hall–Kier alpha value is -1.95. The molecule has 1 aromatic heterocycles. The molecule has 2 saturated heterocycles. The van der Waals surface area contributed by atoms with E-state index in [1.54, 1.807) is 18.6 Å². The van der Waals surface area contributed by atoms with Crippen LogP contribution in [0.1, 0.15) is 51.4 Å². The van der Waals surface area contributed by atoms with E-state index in [4.69, 9.17) is 9.47 Å². The lowest BCUT2D eigenvalue weighted by Gasteiger charge is -2.53. The Morgan fingerprint density at radius 3 is 3.04 bits per heavy atom. The van der Waals surface area contributed by atoms with Gasteiger partial charge in [-0.05, 0) is 50.9 Å². The highest BCUT2D eigenvalue weighted by molar-refractivity contribution is 5.80. The molecule has 1 atom stereocenters. The maximum Gasteiger partial charge on any atom is 0.232 e. The maximum atomic E-state index is 12.5. The average molecular weight is 371 g/mol. The molecule has 2 fully saturated rings. The molecule has 1 aliphatic carbocycles. The number of carbonyl (C=O) groups is 1. The number of aromatic nitrogens is 2. The molecule has 1 aromatic rings. The van der Waals surface area contributed by atoms with Crippen molar-refractivity contribution in [1.82, 2.24) is 14.9 Å². The Morgan fingerprint density at radius 1 is 1.33 bits per heavy atom. The smallest absolute Gasteiger partial charge is 0.232 e. The molecule has 4 rings (SSSR count). The zero-order chi connectivity index (χ0) is 18.5. The van der Waals surface area contributed by atoms with E-state index in [1.807, 2.05) is 4.90 Å². The molecule has 2 aliphatic heterocycles. The van der Waals surface area contributed by atoms with Crippen LogP contribution >= 0.6 is 0 Å². The Balaban J connectivity index is 1.21. The summed E-state index contributed by atoms with van der Waals surface area (Å²) in [6.07, 6.45) is 15.6. The third-order valence-electron chi connectivity index (χ3n) is 5.98. The number of likely N-dealkylation sites (tertiary alicyclic amines) is 1. The van der Waals surface area contributed by atoms with Gasteiger partial charge in [0.05, 0.1) is 25.9 Å². The molecule has 0 saturated carbocycles. The second kappa shape index (κ2) is 8.38. The van der Waals surface area contributed by atoms with Crippen molar-refractivity contribution in [3.05, 3.63) is 30.2 Å². The van der Waals surface area contributed by atoms with Crippen LogP contribution in [0.4, 0.5) is 0 Å². The minimum absolute atomic E-state index is 0.119. The van der Waals surface area contributed by atoms with Crippen LogP contribution < -0.4 is 4.74 Å². The van der Waals surface area contributed by atoms with Gasteiger partial charge in [0.15, 0.2) is 0 Å². The summed E-state index contributed by atoms with van der Waals surface area (Å²) in [5.74, 6) is 1.43. The van der Waals surface area contributed by atoms with E-state index in [9.17, 15) is 4.79 Å². The SMILES string of the molecule is O=C(CC1=CCCCC1)N1CC2(C[C@@H](CCOc3cnccn3)CCO2)C1. The number of hydrogen-bond acceptors (Lipinski definition) is 5. The third-order valence-corrected chi connectivity index (χ3v) is 5.98. The van der Waals surface area contributed by atoms with Crippen molar-refractivity contribution in [2.75, 3.05) is 26.3 Å². The largest absolute Gasteiger partial charge is 0.477 e. The predicted molar refractivity (Wildman–Crippen MR) is 101 cm³/mol. The minimum atomic E-state index is -0.119. The molecule has 1 amide bonds. The predicted octanol–water partition coefficient (Wildman–Crippen LogP) is 3.14. The minimum Gasteiger partial charge on any atom is -0.477 e. The molecule has 146 valence electrons. The van der Waals surface area contributed by atoms with E-state index in [0.29, 0.717) is 24.8 Å². The molecular weight excluding hydrogens is 342 g/mol. The molecule has 6 nitrogen and oxygen atoms in total. The van der Waals surface area contributed by atoms with Crippen LogP contribution in [0.5, 0.6) is 5.88 Å². The van der Waals surface area contributed by atoms with Crippen LogP contribution in [-0.2, 0) is 9.53 Å². The zero-order valence-corrected chi connectivity index (χ0v) is 15.9. The Bertz CT molecular complexity index is 671. The van der Waals surface area contributed by atoms with Gasteiger partial charge >= 0.3 is 0 Å². The number of rotatable bonds is 6. The van der Waals surface area contributed by atoms with Gasteiger partial charge in [-0.3, -0.25) is 9.78 Å². The van der Waals surface area contributed by atoms with Gasteiger partial charge in [0.1, 0.15) is 5.60 Å². The standard InChI is InChI=1S/C21H29N3O3/c25-20(12-17-4-2-1-3-5-17)24-15-21(16-24)13-18(7-11-27-21)6-10-26-19-14-22-8-9-23-19/h4,8-9,14,18H,1-3,5-7,10-13,15-16H2/t18-/m0/s1. The second-order valence-electron chi connectivity index (χ2n) is 8.11. The lowest BCUT2D eigenvalue weighted by molar-refractivity contribution is -0.188. The van der Waals surface area contributed by atoms with Crippen molar-refractivity contribution in [1.29, 1.82) is 0 Å². The van der Waals surface area contributed by atoms with Crippen molar-refractivity contribution < 1.29 is 14.3 Å². The van der Waals surface area contributed by atoms with Gasteiger partial charge in [-0.15, -0.1) is 0 Å². The number of hydrogen-bond donors (Lipinski definition) is 0. The molecule has 6 heteroatoms. The molecular formula is C21H29N3O3. The van der Waals surface area contributed by atoms with Crippen LogP contribution in [0, 0.1) is 5.92 Å². The highest BCUT2D eigenvalue weighted by atomic mass is 16.5. The first-order valence-corrected chi connectivity index (χ1v) is 10.2. The van der Waals surface area contributed by atoms with Gasteiger partial charge in [-0.2, -0.15) is 0 Å². The fourth-order valence-corrected chi connectivity index (χ4v) is 4.48. The molecule has 0 N–H and O–H groups in total. The molecule has 0 bridgehead atoms. The van der Waals surface area contributed by atoms with Crippen molar-refractivity contribution in [2.45, 2.75) is 57.0 Å². The Kier molecular flexibility index (Phi) is 5.72. The average Bonchev–Trinajstić information content (AvgIpc) is 2.68. The molecule has 3 aliphatic rings. The maximum absolute atomic E-state index is 12.5. The summed E-state index contributed by atoms with van der Waals surface area (Å²) in [5, 5.41) is 0. The quantitative estimate of drug-likeness (QED) is 0.719. The van der Waals surface area contributed by atoms with Gasteiger partial charge in [0, 0.05) is 25.4 Å². The number of amides is 1. The fourth-order valence-electron chi connectivity index (χ4n) is 4.48. The number of nitrogens with zero attached hydrogens (tertiary/aromatic N) is 3. The topological polar surface area (TPSA) is 64.6 Å². The van der Waals surface area contributed by atoms with Crippen LogP contribution in [-0.4, -0.2) is 52.7 Å². The highest BCUT2D eigenvalue weighted by Gasteiger charge is 2.48. The van der Waals surface area contributed by atoms with Gasteiger partial charge in [-0.25, -0.2) is 4.98 Å². The second-order valence-corrected chi connectivity index (χ2v) is 8.11. The normalized spacial score (nSPS) is 24.2. The van der Waals surface area contributed by atoms with Crippen LogP contribution in [0.3, 0.4) is 0 Å². The zero-order valence-electron chi connectivity index (χ0n) is 15.9.